The molecule has 0 saturated carbocycles. The topological polar surface area (TPSA) is 69.0 Å². The van der Waals surface area contributed by atoms with Crippen molar-refractivity contribution in [1.29, 1.82) is 0 Å². The number of benzene rings is 1. The van der Waals surface area contributed by atoms with Crippen molar-refractivity contribution in [2.75, 3.05) is 12.4 Å². The molecule has 136 valence electrons. The maximum absolute atomic E-state index is 12.1. The van der Waals surface area contributed by atoms with Gasteiger partial charge in [-0.25, -0.2) is 0 Å². The average Bonchev–Trinajstić information content (AvgIpc) is 3.08. The van der Waals surface area contributed by atoms with Crippen LogP contribution in [0.1, 0.15) is 44.4 Å². The van der Waals surface area contributed by atoms with Crippen LogP contribution in [-0.2, 0) is 22.7 Å². The molecule has 1 aromatic heterocycles. The van der Waals surface area contributed by atoms with E-state index in [1.54, 1.807) is 6.33 Å². The summed E-state index contributed by atoms with van der Waals surface area (Å²) >= 11 is 1.40. The quantitative estimate of drug-likeness (QED) is 0.519. The fraction of sp³-hybridized carbons (Fsp3) is 0.500. The van der Waals surface area contributed by atoms with Gasteiger partial charge in [0.2, 0.25) is 5.91 Å². The van der Waals surface area contributed by atoms with Gasteiger partial charge in [0.25, 0.3) is 0 Å². The first-order chi connectivity index (χ1) is 12.1. The van der Waals surface area contributed by atoms with E-state index < -0.39 is 0 Å². The maximum Gasteiger partial charge on any atom is 0.230 e. The van der Waals surface area contributed by atoms with Crippen LogP contribution in [0.25, 0.3) is 0 Å². The summed E-state index contributed by atoms with van der Waals surface area (Å²) in [6.07, 6.45) is 2.69. The zero-order chi connectivity index (χ0) is 18.1. The van der Waals surface area contributed by atoms with Crippen LogP contribution in [0.2, 0.25) is 0 Å². The molecule has 1 amide bonds. The van der Waals surface area contributed by atoms with E-state index in [2.05, 4.69) is 36.3 Å². The maximum atomic E-state index is 12.1. The van der Waals surface area contributed by atoms with Crippen LogP contribution in [0.3, 0.4) is 0 Å². The molecule has 1 aromatic carbocycles. The lowest BCUT2D eigenvalue weighted by atomic mass is 10.1. The Hall–Kier alpha value is -1.86. The number of rotatable bonds is 10. The highest BCUT2D eigenvalue weighted by Crippen LogP contribution is 2.18. The van der Waals surface area contributed by atoms with Gasteiger partial charge in [-0.05, 0) is 31.4 Å². The Morgan fingerprint density at radius 2 is 2.08 bits per heavy atom. The molecule has 0 spiro atoms. The lowest BCUT2D eigenvalue weighted by Crippen LogP contribution is -2.25. The zero-order valence-electron chi connectivity index (χ0n) is 15.1. The summed E-state index contributed by atoms with van der Waals surface area (Å²) in [5, 5.41) is 11.7. The molecule has 0 saturated heterocycles. The molecule has 0 bridgehead atoms. The molecule has 0 aliphatic heterocycles. The molecule has 2 rings (SSSR count). The molecule has 2 aromatic rings. The van der Waals surface area contributed by atoms with E-state index in [1.807, 2.05) is 28.8 Å². The van der Waals surface area contributed by atoms with E-state index >= 15 is 0 Å². The number of hydrogen-bond donors (Lipinski definition) is 1. The predicted octanol–water partition coefficient (Wildman–Crippen LogP) is 3.19. The van der Waals surface area contributed by atoms with Crippen LogP contribution in [0.5, 0.6) is 0 Å². The number of thioether (sulfide) groups is 1. The Morgan fingerprint density at radius 3 is 2.80 bits per heavy atom. The minimum absolute atomic E-state index is 0.0208. The number of nitrogens with zero attached hydrogens (tertiary/aromatic N) is 3. The number of carbonyl (C=O) groups is 1. The molecule has 7 heteroatoms. The fourth-order valence-corrected chi connectivity index (χ4v) is 3.14. The monoisotopic (exact) mass is 362 g/mol. The van der Waals surface area contributed by atoms with Gasteiger partial charge in [-0.1, -0.05) is 43.0 Å². The lowest BCUT2D eigenvalue weighted by molar-refractivity contribution is -0.118. The summed E-state index contributed by atoms with van der Waals surface area (Å²) in [4.78, 5) is 12.1. The van der Waals surface area contributed by atoms with E-state index in [9.17, 15) is 4.79 Å². The van der Waals surface area contributed by atoms with E-state index in [-0.39, 0.29) is 11.9 Å². The van der Waals surface area contributed by atoms with Gasteiger partial charge in [-0.3, -0.25) is 4.79 Å². The third kappa shape index (κ3) is 6.17. The largest absolute Gasteiger partial charge is 0.377 e. The Labute approximate surface area is 153 Å². The number of carbonyl (C=O) groups excluding carboxylic acids is 1. The van der Waals surface area contributed by atoms with Gasteiger partial charge < -0.3 is 14.6 Å². The molecule has 1 heterocycles. The summed E-state index contributed by atoms with van der Waals surface area (Å²) in [5.74, 6) is 0.299. The van der Waals surface area contributed by atoms with E-state index in [0.717, 1.165) is 29.3 Å². The highest BCUT2D eigenvalue weighted by Gasteiger charge is 2.11. The number of ether oxygens (including phenoxy) is 1. The summed E-state index contributed by atoms with van der Waals surface area (Å²) in [7, 11) is 0. The van der Waals surface area contributed by atoms with Gasteiger partial charge in [0, 0.05) is 19.2 Å². The zero-order valence-corrected chi connectivity index (χ0v) is 15.9. The minimum atomic E-state index is -0.0208. The summed E-state index contributed by atoms with van der Waals surface area (Å²) in [6.45, 7) is 8.03. The van der Waals surface area contributed by atoms with Crippen LogP contribution in [0, 0.1) is 0 Å². The molecule has 0 atom stereocenters. The van der Waals surface area contributed by atoms with E-state index in [4.69, 9.17) is 4.74 Å². The fourth-order valence-electron chi connectivity index (χ4n) is 2.26. The third-order valence-electron chi connectivity index (χ3n) is 3.63. The van der Waals surface area contributed by atoms with Crippen molar-refractivity contribution in [3.63, 3.8) is 0 Å². The van der Waals surface area contributed by atoms with Crippen LogP contribution in [0.4, 0.5) is 0 Å². The molecule has 0 fully saturated rings. The number of hydrogen-bond acceptors (Lipinski definition) is 5. The van der Waals surface area contributed by atoms with Crippen molar-refractivity contribution >= 4 is 17.7 Å². The Kier molecular flexibility index (Phi) is 7.94. The summed E-state index contributed by atoms with van der Waals surface area (Å²) in [5.41, 5.74) is 2.20. The normalized spacial score (nSPS) is 11.0. The second-order valence-electron chi connectivity index (χ2n) is 6.00. The summed E-state index contributed by atoms with van der Waals surface area (Å²) in [6, 6.07) is 8.30. The van der Waals surface area contributed by atoms with Crippen LogP contribution < -0.4 is 5.32 Å². The van der Waals surface area contributed by atoms with E-state index in [1.165, 1.54) is 11.8 Å². The molecular formula is C18H26N4O2S. The molecule has 0 radical (unpaired) electrons. The second-order valence-corrected chi connectivity index (χ2v) is 6.94. The molecule has 25 heavy (non-hydrogen) atoms. The Bertz CT molecular complexity index is 673. The SMILES string of the molecule is CCCOCc1ccccc1CNC(=O)CSc1nncn1C(C)C. The second kappa shape index (κ2) is 10.2. The van der Waals surface area contributed by atoms with Crippen molar-refractivity contribution in [2.24, 2.45) is 0 Å². The molecule has 0 unspecified atom stereocenters. The Morgan fingerprint density at radius 1 is 1.32 bits per heavy atom. The smallest absolute Gasteiger partial charge is 0.230 e. The first-order valence-electron chi connectivity index (χ1n) is 8.55. The lowest BCUT2D eigenvalue weighted by Gasteiger charge is -2.12. The summed E-state index contributed by atoms with van der Waals surface area (Å²) < 4.78 is 7.57. The van der Waals surface area contributed by atoms with Crippen molar-refractivity contribution < 1.29 is 9.53 Å². The Balaban J connectivity index is 1.83. The average molecular weight is 362 g/mol. The molecular weight excluding hydrogens is 336 g/mol. The van der Waals surface area contributed by atoms with Gasteiger partial charge >= 0.3 is 0 Å². The van der Waals surface area contributed by atoms with Crippen LogP contribution in [0.15, 0.2) is 35.7 Å². The number of aromatic nitrogens is 3. The highest BCUT2D eigenvalue weighted by molar-refractivity contribution is 7.99. The molecule has 6 nitrogen and oxygen atoms in total. The minimum Gasteiger partial charge on any atom is -0.377 e. The van der Waals surface area contributed by atoms with Gasteiger partial charge in [0.15, 0.2) is 5.16 Å². The van der Waals surface area contributed by atoms with Crippen molar-refractivity contribution in [3.8, 4) is 0 Å². The van der Waals surface area contributed by atoms with Crippen LogP contribution >= 0.6 is 11.8 Å². The molecule has 0 aliphatic carbocycles. The number of amides is 1. The third-order valence-corrected chi connectivity index (χ3v) is 4.59. The van der Waals surface area contributed by atoms with Gasteiger partial charge in [-0.2, -0.15) is 0 Å². The van der Waals surface area contributed by atoms with Gasteiger partial charge in [-0.15, -0.1) is 10.2 Å². The highest BCUT2D eigenvalue weighted by atomic mass is 32.2. The first-order valence-corrected chi connectivity index (χ1v) is 9.54. The first kappa shape index (κ1) is 19.5. The van der Waals surface area contributed by atoms with Crippen LogP contribution in [-0.4, -0.2) is 33.0 Å². The predicted molar refractivity (Wildman–Crippen MR) is 99.4 cm³/mol. The van der Waals surface area contributed by atoms with Crippen molar-refractivity contribution in [3.05, 3.63) is 41.7 Å². The van der Waals surface area contributed by atoms with Crippen molar-refractivity contribution in [1.82, 2.24) is 20.1 Å². The standard InChI is InChI=1S/C18H26N4O2S/c1-4-9-24-11-16-8-6-5-7-15(16)10-19-17(23)12-25-18-21-20-13-22(18)14(2)3/h5-8,13-14H,4,9-12H2,1-3H3,(H,19,23). The van der Waals surface area contributed by atoms with Gasteiger partial charge in [0.05, 0.1) is 12.4 Å². The molecule has 0 aliphatic rings. The van der Waals surface area contributed by atoms with Gasteiger partial charge in [0.1, 0.15) is 6.33 Å². The van der Waals surface area contributed by atoms with Crippen molar-refractivity contribution in [2.45, 2.75) is 51.5 Å². The van der Waals surface area contributed by atoms with E-state index in [0.29, 0.717) is 18.9 Å². The number of nitrogens with one attached hydrogen (secondary N) is 1. The molecule has 1 N–H and O–H groups in total.